The fraction of sp³-hybridized carbons (Fsp3) is 0.158. The predicted molar refractivity (Wildman–Crippen MR) is 111 cm³/mol. The van der Waals surface area contributed by atoms with Crippen LogP contribution in [0.3, 0.4) is 0 Å². The van der Waals surface area contributed by atoms with Crippen LogP contribution in [0, 0.1) is 0 Å². The molecule has 0 saturated carbocycles. The third-order valence-corrected chi connectivity index (χ3v) is 5.79. The fourth-order valence-corrected chi connectivity index (χ4v) is 4.29. The van der Waals surface area contributed by atoms with Crippen LogP contribution in [0.15, 0.2) is 58.2 Å². The number of rotatable bonds is 7. The maximum absolute atomic E-state index is 13.0. The molecule has 2 aromatic carbocycles. The molecule has 11 heteroatoms. The Balaban J connectivity index is 1.74. The third kappa shape index (κ3) is 3.71. The van der Waals surface area contributed by atoms with Crippen molar-refractivity contribution in [3.05, 3.63) is 54.4 Å². The van der Waals surface area contributed by atoms with E-state index in [1.165, 1.54) is 26.4 Å². The number of hydrogen-bond acceptors (Lipinski definition) is 7. The first-order chi connectivity index (χ1) is 14.4. The van der Waals surface area contributed by atoms with Crippen LogP contribution < -0.4 is 19.7 Å². The van der Waals surface area contributed by atoms with E-state index in [1.54, 1.807) is 29.1 Å². The highest BCUT2D eigenvalue weighted by Crippen LogP contribution is 2.35. The van der Waals surface area contributed by atoms with E-state index in [0.29, 0.717) is 23.3 Å². The molecule has 9 nitrogen and oxygen atoms in total. The van der Waals surface area contributed by atoms with Gasteiger partial charge >= 0.3 is 0 Å². The monoisotopic (exact) mass is 424 g/mol. The molecule has 0 saturated heterocycles. The van der Waals surface area contributed by atoms with Crippen molar-refractivity contribution >= 4 is 40.1 Å². The Kier molecular flexibility index (Phi) is 5.12. The number of anilines is 1. The van der Waals surface area contributed by atoms with Gasteiger partial charge in [0, 0.05) is 12.4 Å². The lowest BCUT2D eigenvalue weighted by Crippen LogP contribution is -2.17. The summed E-state index contributed by atoms with van der Waals surface area (Å²) in [4.78, 5) is -0.115. The van der Waals surface area contributed by atoms with Crippen molar-refractivity contribution in [2.75, 3.05) is 18.9 Å². The topological polar surface area (TPSA) is 108 Å². The second kappa shape index (κ2) is 7.75. The van der Waals surface area contributed by atoms with Gasteiger partial charge in [0.05, 0.1) is 20.8 Å². The molecule has 2 aromatic heterocycles. The Hall–Kier alpha value is -3.47. The summed E-state index contributed by atoms with van der Waals surface area (Å²) in [7, 11) is 4.55. The lowest BCUT2D eigenvalue weighted by molar-refractivity contribution is 0.403. The number of fused-ring (bicyclic) bond motifs is 1. The van der Waals surface area contributed by atoms with Crippen molar-refractivity contribution in [2.24, 2.45) is 0 Å². The Morgan fingerprint density at radius 2 is 1.97 bits per heavy atom. The second-order valence-corrected chi connectivity index (χ2v) is 8.07. The number of aromatic nitrogens is 3. The van der Waals surface area contributed by atoms with Gasteiger partial charge in [-0.3, -0.25) is 9.40 Å². The van der Waals surface area contributed by atoms with Crippen LogP contribution >= 0.6 is 0 Å². The van der Waals surface area contributed by atoms with Crippen molar-refractivity contribution in [2.45, 2.75) is 11.4 Å². The molecule has 4 aromatic rings. The molecule has 0 unspecified atom stereocenters. The Bertz CT molecular complexity index is 1300. The van der Waals surface area contributed by atoms with E-state index >= 15 is 0 Å². The van der Waals surface area contributed by atoms with Gasteiger partial charge in [-0.25, -0.2) is 8.42 Å². The van der Waals surface area contributed by atoms with Gasteiger partial charge < -0.3 is 14.0 Å². The number of ether oxygens (including phenoxy) is 2. The Labute approximate surface area is 174 Å². The number of benzene rings is 2. The summed E-state index contributed by atoms with van der Waals surface area (Å²) in [6, 6.07) is 9.69. The van der Waals surface area contributed by atoms with Crippen LogP contribution in [0.4, 0.5) is 5.82 Å². The average Bonchev–Trinajstić information content (AvgIpc) is 3.37. The van der Waals surface area contributed by atoms with Gasteiger partial charge in [0.2, 0.25) is 0 Å². The van der Waals surface area contributed by atoms with E-state index in [-0.39, 0.29) is 21.9 Å². The normalized spacial score (nSPS) is 11.5. The van der Waals surface area contributed by atoms with Crippen molar-refractivity contribution in [1.82, 2.24) is 14.9 Å². The number of methoxy groups -OCH3 is 2. The molecule has 152 valence electrons. The zero-order chi connectivity index (χ0) is 21.3. The van der Waals surface area contributed by atoms with Gasteiger partial charge in [0.15, 0.2) is 11.4 Å². The summed E-state index contributed by atoms with van der Waals surface area (Å²) in [5.41, 5.74) is 1.50. The minimum Gasteiger partial charge on any atom is -0.496 e. The van der Waals surface area contributed by atoms with Crippen LogP contribution in [0.5, 0.6) is 11.5 Å². The molecule has 0 spiro atoms. The highest BCUT2D eigenvalue weighted by Gasteiger charge is 2.24. The average molecular weight is 424 g/mol. The minimum absolute atomic E-state index is 0.00281. The molecule has 0 fully saturated rings. The molecule has 0 atom stereocenters. The van der Waals surface area contributed by atoms with Gasteiger partial charge in [0.1, 0.15) is 29.6 Å². The highest BCUT2D eigenvalue weighted by molar-refractivity contribution is 7.92. The maximum Gasteiger partial charge on any atom is 0.266 e. The number of nitrogens with one attached hydrogen (secondary N) is 1. The zero-order valence-electron chi connectivity index (χ0n) is 16.2. The smallest absolute Gasteiger partial charge is 0.266 e. The molecule has 0 aliphatic rings. The van der Waals surface area contributed by atoms with E-state index in [0.717, 1.165) is 5.56 Å². The molecule has 4 rings (SSSR count). The first kappa shape index (κ1) is 19.8. The number of hydrogen-bond donors (Lipinski definition) is 1. The fourth-order valence-electron chi connectivity index (χ4n) is 3.08. The summed E-state index contributed by atoms with van der Waals surface area (Å²) >= 11 is 0. The molecule has 2 radical (unpaired) electrons. The van der Waals surface area contributed by atoms with Gasteiger partial charge in [-0.05, 0) is 35.9 Å². The largest absolute Gasteiger partial charge is 0.496 e. The summed E-state index contributed by atoms with van der Waals surface area (Å²) < 4.78 is 46.1. The first-order valence-corrected chi connectivity index (χ1v) is 10.3. The lowest BCUT2D eigenvalue weighted by atomic mass is 9.97. The van der Waals surface area contributed by atoms with Gasteiger partial charge in [0.25, 0.3) is 10.0 Å². The van der Waals surface area contributed by atoms with Crippen LogP contribution in [0.25, 0.3) is 11.0 Å². The quantitative estimate of drug-likeness (QED) is 0.450. The van der Waals surface area contributed by atoms with E-state index in [4.69, 9.17) is 21.8 Å². The van der Waals surface area contributed by atoms with E-state index in [9.17, 15) is 8.42 Å². The predicted octanol–water partition coefficient (Wildman–Crippen LogP) is 1.68. The Morgan fingerprint density at radius 3 is 2.67 bits per heavy atom. The SMILES string of the molecule is [B]c1ccc(OC)c(S(=O)(=O)Nc2noc3cc(Cn4cccn4)cc(OC)c23)c1. The Morgan fingerprint density at radius 1 is 1.17 bits per heavy atom. The molecule has 0 aliphatic carbocycles. The molecule has 2 heterocycles. The van der Waals surface area contributed by atoms with Crippen LogP contribution in [-0.2, 0) is 16.6 Å². The van der Waals surface area contributed by atoms with Crippen LogP contribution in [0.1, 0.15) is 5.56 Å². The van der Waals surface area contributed by atoms with Crippen LogP contribution in [0.2, 0.25) is 0 Å². The second-order valence-electron chi connectivity index (χ2n) is 6.42. The number of nitrogens with zero attached hydrogens (tertiary/aromatic N) is 3. The van der Waals surface area contributed by atoms with Crippen LogP contribution in [-0.4, -0.2) is 45.4 Å². The molecule has 30 heavy (non-hydrogen) atoms. The van der Waals surface area contributed by atoms with Crippen molar-refractivity contribution in [1.29, 1.82) is 0 Å². The number of sulfonamides is 1. The van der Waals surface area contributed by atoms with Gasteiger partial charge in [-0.1, -0.05) is 16.7 Å². The molecule has 1 N–H and O–H groups in total. The van der Waals surface area contributed by atoms with Gasteiger partial charge in [-0.15, -0.1) is 0 Å². The lowest BCUT2D eigenvalue weighted by Gasteiger charge is -2.12. The minimum atomic E-state index is -4.06. The summed E-state index contributed by atoms with van der Waals surface area (Å²) in [6.07, 6.45) is 3.51. The highest BCUT2D eigenvalue weighted by atomic mass is 32.2. The molecular weight excluding hydrogens is 407 g/mol. The van der Waals surface area contributed by atoms with Gasteiger partial charge in [-0.2, -0.15) is 5.10 Å². The van der Waals surface area contributed by atoms with Crippen molar-refractivity contribution in [3.63, 3.8) is 0 Å². The summed E-state index contributed by atoms with van der Waals surface area (Å²) in [5, 5.41) is 8.46. The first-order valence-electron chi connectivity index (χ1n) is 8.81. The molecule has 0 aliphatic heterocycles. The molecule has 0 amide bonds. The van der Waals surface area contributed by atoms with E-state index in [2.05, 4.69) is 15.0 Å². The summed E-state index contributed by atoms with van der Waals surface area (Å²) in [6.45, 7) is 0.488. The zero-order valence-corrected chi connectivity index (χ0v) is 17.0. The summed E-state index contributed by atoms with van der Waals surface area (Å²) in [5.74, 6) is 0.558. The van der Waals surface area contributed by atoms with E-state index in [1.807, 2.05) is 12.3 Å². The molecular formula is C19H17BN4O5S. The van der Waals surface area contributed by atoms with Crippen molar-refractivity contribution < 1.29 is 22.4 Å². The van der Waals surface area contributed by atoms with Crippen molar-refractivity contribution in [3.8, 4) is 11.5 Å². The third-order valence-electron chi connectivity index (χ3n) is 4.43. The van der Waals surface area contributed by atoms with E-state index < -0.39 is 10.0 Å². The standard InChI is InChI=1S/C19H17BN4O5S/c1-27-14-5-4-13(20)10-17(14)30(25,26)23-19-18-15(28-2)8-12(9-16(18)29-22-19)11-24-7-3-6-21-24/h3-10H,11H2,1-2H3,(H,22,23). The molecule has 0 bridgehead atoms. The maximum atomic E-state index is 13.0.